The van der Waals surface area contributed by atoms with E-state index in [0.717, 1.165) is 33.3 Å². The average molecular weight is 544 g/mol. The highest BCUT2D eigenvalue weighted by atomic mass is 79.9. The fourth-order valence-corrected chi connectivity index (χ4v) is 5.33. The lowest BCUT2D eigenvalue weighted by Gasteiger charge is -2.38. The van der Waals surface area contributed by atoms with Crippen molar-refractivity contribution >= 4 is 39.3 Å². The van der Waals surface area contributed by atoms with Crippen LogP contribution in [0.5, 0.6) is 11.5 Å². The van der Waals surface area contributed by atoms with Crippen molar-refractivity contribution in [2.24, 2.45) is 5.41 Å². The van der Waals surface area contributed by atoms with Crippen LogP contribution in [0.15, 0.2) is 58.5 Å². The molecule has 1 unspecified atom stereocenters. The molecule has 2 aromatic carbocycles. The van der Waals surface area contributed by atoms with Gasteiger partial charge < -0.3 is 14.8 Å². The van der Waals surface area contributed by atoms with Gasteiger partial charge in [-0.15, -0.1) is 0 Å². The highest BCUT2D eigenvalue weighted by Gasteiger charge is 2.41. The molecule has 7 nitrogen and oxygen atoms in total. The summed E-state index contributed by atoms with van der Waals surface area (Å²) in [4.78, 5) is 17.7. The van der Waals surface area contributed by atoms with Crippen molar-refractivity contribution in [3.63, 3.8) is 0 Å². The second-order valence-corrected chi connectivity index (χ2v) is 10.6. The van der Waals surface area contributed by atoms with Gasteiger partial charge in [0.15, 0.2) is 17.3 Å². The molecule has 5 rings (SSSR count). The Morgan fingerprint density at radius 3 is 2.74 bits per heavy atom. The minimum atomic E-state index is -0.409. The van der Waals surface area contributed by atoms with Crippen LogP contribution in [-0.4, -0.2) is 27.7 Å². The number of aromatic nitrogens is 3. The second-order valence-electron chi connectivity index (χ2n) is 9.34. The Morgan fingerprint density at radius 1 is 1.24 bits per heavy atom. The Balaban J connectivity index is 1.54. The van der Waals surface area contributed by atoms with Gasteiger partial charge in [0.25, 0.3) is 0 Å². The van der Waals surface area contributed by atoms with Gasteiger partial charge >= 0.3 is 0 Å². The van der Waals surface area contributed by atoms with E-state index in [1.807, 2.05) is 36.4 Å². The third kappa shape index (κ3) is 4.20. The van der Waals surface area contributed by atoms with Crippen LogP contribution in [0.3, 0.4) is 0 Å². The Bertz CT molecular complexity index is 1300. The molecule has 176 valence electrons. The number of methoxy groups -OCH3 is 1. The summed E-state index contributed by atoms with van der Waals surface area (Å²) in [5.74, 6) is 1.87. The highest BCUT2D eigenvalue weighted by molar-refractivity contribution is 9.10. The monoisotopic (exact) mass is 542 g/mol. The van der Waals surface area contributed by atoms with E-state index >= 15 is 0 Å². The number of carbonyl (C=O) groups excluding carboxylic acids is 1. The molecule has 0 amide bonds. The van der Waals surface area contributed by atoms with Crippen molar-refractivity contribution < 1.29 is 14.3 Å². The third-order valence-electron chi connectivity index (χ3n) is 6.14. The number of hydrogen-bond acceptors (Lipinski definition) is 6. The minimum absolute atomic E-state index is 0.114. The minimum Gasteiger partial charge on any atom is -0.493 e. The summed E-state index contributed by atoms with van der Waals surface area (Å²) in [6.45, 7) is 4.57. The summed E-state index contributed by atoms with van der Waals surface area (Å²) in [5.41, 5.74) is 3.36. The Labute approximate surface area is 211 Å². The van der Waals surface area contributed by atoms with E-state index in [1.54, 1.807) is 11.8 Å². The fourth-order valence-electron chi connectivity index (χ4n) is 4.63. The van der Waals surface area contributed by atoms with Gasteiger partial charge in [0.1, 0.15) is 19.0 Å². The van der Waals surface area contributed by atoms with Gasteiger partial charge in [0.2, 0.25) is 5.95 Å². The van der Waals surface area contributed by atoms with Gasteiger partial charge in [-0.1, -0.05) is 37.6 Å². The predicted molar refractivity (Wildman–Crippen MR) is 133 cm³/mol. The molecule has 2 aliphatic rings. The zero-order valence-corrected chi connectivity index (χ0v) is 21.4. The third-order valence-corrected chi connectivity index (χ3v) is 6.98. The smallest absolute Gasteiger partial charge is 0.226 e. The van der Waals surface area contributed by atoms with Crippen LogP contribution in [0, 0.1) is 5.41 Å². The summed E-state index contributed by atoms with van der Waals surface area (Å²) in [6, 6.07) is 10.9. The quantitative estimate of drug-likeness (QED) is 0.429. The lowest BCUT2D eigenvalue weighted by atomic mass is 9.73. The molecule has 1 aromatic heterocycles. The van der Waals surface area contributed by atoms with E-state index in [-0.39, 0.29) is 11.2 Å². The Kier molecular flexibility index (Phi) is 5.90. The van der Waals surface area contributed by atoms with Crippen LogP contribution in [0.1, 0.15) is 43.9 Å². The van der Waals surface area contributed by atoms with E-state index in [4.69, 9.17) is 21.1 Å². The standard InChI is InChI=1S/C25H24BrClN4O3/c1-25(2)10-18-21(19(32)11-25)22(31-24(30-18)28-13-29-31)15-8-17(26)23(20(9-15)33-3)34-12-14-4-6-16(27)7-5-14/h4-9,13,22H,10-12H2,1-3H3,(H,28,29,30). The van der Waals surface area contributed by atoms with Gasteiger partial charge in [-0.25, -0.2) is 4.68 Å². The maximum Gasteiger partial charge on any atom is 0.226 e. The lowest BCUT2D eigenvalue weighted by molar-refractivity contribution is -0.118. The van der Waals surface area contributed by atoms with E-state index in [1.165, 1.54) is 6.33 Å². The van der Waals surface area contributed by atoms with Crippen molar-refractivity contribution in [2.45, 2.75) is 39.3 Å². The number of nitrogens with one attached hydrogen (secondary N) is 1. The first kappa shape index (κ1) is 22.9. The molecular formula is C25H24BrClN4O3. The maximum absolute atomic E-state index is 13.3. The SMILES string of the molecule is COc1cc(C2C3=C(CC(C)(C)CC3=O)Nc3ncnn32)cc(Br)c1OCc1ccc(Cl)cc1. The number of carbonyl (C=O) groups is 1. The number of fused-ring (bicyclic) bond motifs is 1. The highest BCUT2D eigenvalue weighted by Crippen LogP contribution is 2.47. The van der Waals surface area contributed by atoms with Crippen LogP contribution >= 0.6 is 27.5 Å². The number of hydrogen-bond donors (Lipinski definition) is 1. The largest absolute Gasteiger partial charge is 0.493 e. The normalized spacial score (nSPS) is 18.7. The van der Waals surface area contributed by atoms with Crippen LogP contribution in [-0.2, 0) is 11.4 Å². The number of allylic oxidation sites excluding steroid dienone is 2. The van der Waals surface area contributed by atoms with Gasteiger partial charge in [0.05, 0.1) is 11.6 Å². The number of halogens is 2. The van der Waals surface area contributed by atoms with E-state index in [9.17, 15) is 4.79 Å². The van der Waals surface area contributed by atoms with Crippen molar-refractivity contribution in [3.8, 4) is 11.5 Å². The molecule has 1 aliphatic heterocycles. The van der Waals surface area contributed by atoms with Crippen LogP contribution in [0.4, 0.5) is 5.95 Å². The summed E-state index contributed by atoms with van der Waals surface area (Å²) in [5, 5.41) is 8.43. The molecule has 0 saturated carbocycles. The summed E-state index contributed by atoms with van der Waals surface area (Å²) in [6.07, 6.45) is 2.74. The summed E-state index contributed by atoms with van der Waals surface area (Å²) >= 11 is 9.64. The molecule has 1 aliphatic carbocycles. The van der Waals surface area contributed by atoms with Crippen molar-refractivity contribution in [3.05, 3.63) is 74.6 Å². The van der Waals surface area contributed by atoms with E-state index in [2.05, 4.69) is 45.2 Å². The molecule has 0 spiro atoms. The van der Waals surface area contributed by atoms with Crippen LogP contribution < -0.4 is 14.8 Å². The van der Waals surface area contributed by atoms with Crippen molar-refractivity contribution in [1.82, 2.24) is 14.8 Å². The first-order valence-electron chi connectivity index (χ1n) is 10.9. The zero-order valence-electron chi connectivity index (χ0n) is 19.1. The van der Waals surface area contributed by atoms with Gasteiger partial charge in [0, 0.05) is 22.7 Å². The molecule has 9 heteroatoms. The number of nitrogens with zero attached hydrogens (tertiary/aromatic N) is 3. The van der Waals surface area contributed by atoms with E-state index < -0.39 is 6.04 Å². The summed E-state index contributed by atoms with van der Waals surface area (Å²) in [7, 11) is 1.60. The van der Waals surface area contributed by atoms with Gasteiger partial charge in [-0.05, 0) is 63.2 Å². The average Bonchev–Trinajstić information content (AvgIpc) is 3.24. The molecule has 0 saturated heterocycles. The maximum atomic E-state index is 13.3. The van der Waals surface area contributed by atoms with Crippen LogP contribution in [0.2, 0.25) is 5.02 Å². The molecule has 1 atom stereocenters. The van der Waals surface area contributed by atoms with Crippen LogP contribution in [0.25, 0.3) is 0 Å². The number of ketones is 1. The first-order valence-corrected chi connectivity index (χ1v) is 12.1. The topological polar surface area (TPSA) is 78.3 Å². The first-order chi connectivity index (χ1) is 16.3. The van der Waals surface area contributed by atoms with Crippen molar-refractivity contribution in [1.29, 1.82) is 0 Å². The fraction of sp³-hybridized carbons (Fsp3) is 0.320. The molecule has 0 radical (unpaired) electrons. The number of rotatable bonds is 5. The zero-order chi connectivity index (χ0) is 24.0. The number of ether oxygens (including phenoxy) is 2. The number of benzene rings is 2. The second kappa shape index (κ2) is 8.74. The Morgan fingerprint density at radius 2 is 2.00 bits per heavy atom. The lowest BCUT2D eigenvalue weighted by Crippen LogP contribution is -2.36. The molecule has 1 N–H and O–H groups in total. The van der Waals surface area contributed by atoms with Crippen molar-refractivity contribution in [2.75, 3.05) is 12.4 Å². The molecular weight excluding hydrogens is 520 g/mol. The van der Waals surface area contributed by atoms with Gasteiger partial charge in [-0.2, -0.15) is 10.1 Å². The summed E-state index contributed by atoms with van der Waals surface area (Å²) < 4.78 is 14.3. The Hall–Kier alpha value is -2.84. The molecule has 3 aromatic rings. The molecule has 2 heterocycles. The van der Waals surface area contributed by atoms with Gasteiger partial charge in [-0.3, -0.25) is 4.79 Å². The number of Topliss-reactive ketones (excluding diaryl/α,β-unsaturated/α-hetero) is 1. The molecule has 34 heavy (non-hydrogen) atoms. The number of anilines is 1. The molecule has 0 bridgehead atoms. The van der Waals surface area contributed by atoms with E-state index in [0.29, 0.717) is 35.5 Å². The predicted octanol–water partition coefficient (Wildman–Crippen LogP) is 5.94. The molecule has 0 fully saturated rings.